The Kier molecular flexibility index (Phi) is 2.43. The maximum atomic E-state index is 12.1. The number of halogens is 1. The highest BCUT2D eigenvalue weighted by Crippen LogP contribution is 2.19. The molecule has 0 bridgehead atoms. The molecule has 1 rings (SSSR count). The zero-order valence-corrected chi connectivity index (χ0v) is 6.67. The van der Waals surface area contributed by atoms with Gasteiger partial charge in [0.1, 0.15) is 12.4 Å². The molecule has 3 heteroatoms. The number of rotatable bonds is 2. The first-order chi connectivity index (χ1) is 5.65. The third-order valence-corrected chi connectivity index (χ3v) is 1.59. The minimum atomic E-state index is -0.624. The van der Waals surface area contributed by atoms with Crippen molar-refractivity contribution in [1.29, 1.82) is 0 Å². The van der Waals surface area contributed by atoms with Crippen LogP contribution in [0.5, 0.6) is 5.75 Å². The van der Waals surface area contributed by atoms with E-state index in [0.717, 1.165) is 0 Å². The van der Waals surface area contributed by atoms with Crippen LogP contribution in [0.4, 0.5) is 4.39 Å². The van der Waals surface area contributed by atoms with E-state index in [9.17, 15) is 9.18 Å². The van der Waals surface area contributed by atoms with Gasteiger partial charge in [-0.25, -0.2) is 4.39 Å². The molecule has 0 aromatic heterocycles. The van der Waals surface area contributed by atoms with E-state index in [4.69, 9.17) is 5.11 Å². The first kappa shape index (κ1) is 8.71. The average Bonchev–Trinajstić information content (AvgIpc) is 2.05. The third-order valence-electron chi connectivity index (χ3n) is 1.59. The molecule has 1 aromatic carbocycles. The van der Waals surface area contributed by atoms with Gasteiger partial charge in [0.15, 0.2) is 5.78 Å². The van der Waals surface area contributed by atoms with Crippen LogP contribution in [0, 0.1) is 0 Å². The maximum Gasteiger partial charge on any atom is 0.163 e. The molecule has 2 nitrogen and oxygen atoms in total. The van der Waals surface area contributed by atoms with E-state index in [-0.39, 0.29) is 17.1 Å². The summed E-state index contributed by atoms with van der Waals surface area (Å²) in [5.41, 5.74) is 0.572. The van der Waals surface area contributed by atoms with Gasteiger partial charge in [0.25, 0.3) is 0 Å². The van der Waals surface area contributed by atoms with Gasteiger partial charge in [0.2, 0.25) is 0 Å². The van der Waals surface area contributed by atoms with E-state index in [0.29, 0.717) is 5.56 Å². The Morgan fingerprint density at radius 1 is 1.58 bits per heavy atom. The van der Waals surface area contributed by atoms with Crippen LogP contribution in [-0.4, -0.2) is 10.9 Å². The number of hydrogen-bond acceptors (Lipinski definition) is 2. The number of hydrogen-bond donors (Lipinski definition) is 1. The quantitative estimate of drug-likeness (QED) is 0.686. The molecule has 1 N–H and O–H groups in total. The molecule has 0 aliphatic heterocycles. The summed E-state index contributed by atoms with van der Waals surface area (Å²) in [4.78, 5) is 10.9. The lowest BCUT2D eigenvalue weighted by atomic mass is 10.1. The van der Waals surface area contributed by atoms with Gasteiger partial charge in [-0.1, -0.05) is 6.07 Å². The Hall–Kier alpha value is -1.38. The Labute approximate surface area is 69.6 Å². The number of Topliss-reactive ketones (excluding diaryl/α,β-unsaturated/α-hetero) is 1. The van der Waals surface area contributed by atoms with Crippen LogP contribution in [0.25, 0.3) is 0 Å². The van der Waals surface area contributed by atoms with Gasteiger partial charge >= 0.3 is 0 Å². The number of alkyl halides is 1. The zero-order valence-electron chi connectivity index (χ0n) is 6.67. The largest absolute Gasteiger partial charge is 0.507 e. The topological polar surface area (TPSA) is 37.3 Å². The van der Waals surface area contributed by atoms with Crippen LogP contribution in [0.3, 0.4) is 0 Å². The number of aromatic hydroxyl groups is 1. The molecule has 0 amide bonds. The highest BCUT2D eigenvalue weighted by atomic mass is 19.1. The first-order valence-corrected chi connectivity index (χ1v) is 3.54. The highest BCUT2D eigenvalue weighted by Gasteiger charge is 2.06. The van der Waals surface area contributed by atoms with Crippen LogP contribution in [0.15, 0.2) is 18.2 Å². The summed E-state index contributed by atoms with van der Waals surface area (Å²) in [6.45, 7) is 0.706. The molecule has 0 aliphatic carbocycles. The molecule has 0 aliphatic rings. The summed E-state index contributed by atoms with van der Waals surface area (Å²) < 4.78 is 12.1. The summed E-state index contributed by atoms with van der Waals surface area (Å²) in [5, 5.41) is 9.16. The number of ketones is 1. The number of benzene rings is 1. The third kappa shape index (κ3) is 1.61. The van der Waals surface area contributed by atoms with Crippen molar-refractivity contribution < 1.29 is 14.3 Å². The fourth-order valence-corrected chi connectivity index (χ4v) is 0.948. The fraction of sp³-hybridized carbons (Fsp3) is 0.222. The number of phenolic OH excluding ortho intramolecular Hbond substituents is 1. The van der Waals surface area contributed by atoms with Gasteiger partial charge in [-0.3, -0.25) is 4.79 Å². The Morgan fingerprint density at radius 2 is 2.25 bits per heavy atom. The summed E-state index contributed by atoms with van der Waals surface area (Å²) in [5.74, 6) is -0.359. The first-order valence-electron chi connectivity index (χ1n) is 3.54. The fourth-order valence-electron chi connectivity index (χ4n) is 0.948. The van der Waals surface area contributed by atoms with E-state index >= 15 is 0 Å². The molecule has 0 fully saturated rings. The van der Waals surface area contributed by atoms with Crippen molar-refractivity contribution in [3.63, 3.8) is 0 Å². The van der Waals surface area contributed by atoms with Crippen LogP contribution in [-0.2, 0) is 6.67 Å². The Balaban J connectivity index is 3.17. The number of carbonyl (C=O) groups excluding carboxylic acids is 1. The lowest BCUT2D eigenvalue weighted by molar-refractivity contribution is 0.101. The molecule has 0 saturated heterocycles. The van der Waals surface area contributed by atoms with Crippen LogP contribution >= 0.6 is 0 Å². The lowest BCUT2D eigenvalue weighted by Crippen LogP contribution is -1.93. The monoisotopic (exact) mass is 168 g/mol. The molecule has 0 atom stereocenters. The zero-order chi connectivity index (χ0) is 9.14. The van der Waals surface area contributed by atoms with E-state index in [1.54, 1.807) is 0 Å². The predicted octanol–water partition coefficient (Wildman–Crippen LogP) is 2.06. The van der Waals surface area contributed by atoms with Crippen molar-refractivity contribution in [2.24, 2.45) is 0 Å². The van der Waals surface area contributed by atoms with E-state index in [1.807, 2.05) is 0 Å². The summed E-state index contributed by atoms with van der Waals surface area (Å²) >= 11 is 0. The standard InChI is InChI=1S/C9H9FO2/c1-6(11)8-4-7(5-10)2-3-9(8)12/h2-4,12H,5H2,1H3. The number of carbonyl (C=O) groups is 1. The highest BCUT2D eigenvalue weighted by molar-refractivity contribution is 5.96. The smallest absolute Gasteiger partial charge is 0.163 e. The molecule has 0 saturated carbocycles. The van der Waals surface area contributed by atoms with Crippen molar-refractivity contribution in [2.75, 3.05) is 0 Å². The van der Waals surface area contributed by atoms with Gasteiger partial charge in [-0.05, 0) is 24.6 Å². The van der Waals surface area contributed by atoms with Crippen LogP contribution in [0.1, 0.15) is 22.8 Å². The van der Waals surface area contributed by atoms with Gasteiger partial charge in [-0.15, -0.1) is 0 Å². The summed E-state index contributed by atoms with van der Waals surface area (Å²) in [6.07, 6.45) is 0. The van der Waals surface area contributed by atoms with Crippen molar-refractivity contribution >= 4 is 5.78 Å². The molecule has 64 valence electrons. The molecule has 0 unspecified atom stereocenters. The maximum absolute atomic E-state index is 12.1. The van der Waals surface area contributed by atoms with Gasteiger partial charge in [-0.2, -0.15) is 0 Å². The lowest BCUT2D eigenvalue weighted by Gasteiger charge is -2.01. The van der Waals surface area contributed by atoms with Crippen molar-refractivity contribution in [3.05, 3.63) is 29.3 Å². The van der Waals surface area contributed by atoms with Crippen molar-refractivity contribution in [2.45, 2.75) is 13.6 Å². The van der Waals surface area contributed by atoms with Crippen LogP contribution < -0.4 is 0 Å². The molecule has 0 heterocycles. The van der Waals surface area contributed by atoms with E-state index in [1.165, 1.54) is 25.1 Å². The second kappa shape index (κ2) is 3.34. The minimum Gasteiger partial charge on any atom is -0.507 e. The predicted molar refractivity (Wildman–Crippen MR) is 42.9 cm³/mol. The molecular formula is C9H9FO2. The Bertz CT molecular complexity index is 307. The molecule has 12 heavy (non-hydrogen) atoms. The second-order valence-electron chi connectivity index (χ2n) is 2.54. The molecule has 0 radical (unpaired) electrons. The normalized spacial score (nSPS) is 9.83. The van der Waals surface area contributed by atoms with Crippen molar-refractivity contribution in [3.8, 4) is 5.75 Å². The summed E-state index contributed by atoms with van der Waals surface area (Å²) in [7, 11) is 0. The second-order valence-corrected chi connectivity index (χ2v) is 2.54. The van der Waals surface area contributed by atoms with Gasteiger partial charge < -0.3 is 5.11 Å². The molecule has 1 aromatic rings. The summed E-state index contributed by atoms with van der Waals surface area (Å²) in [6, 6.07) is 4.13. The van der Waals surface area contributed by atoms with E-state index in [2.05, 4.69) is 0 Å². The van der Waals surface area contributed by atoms with Crippen LogP contribution in [0.2, 0.25) is 0 Å². The SMILES string of the molecule is CC(=O)c1cc(CF)ccc1O. The van der Waals surface area contributed by atoms with Gasteiger partial charge in [0, 0.05) is 0 Å². The van der Waals surface area contributed by atoms with Gasteiger partial charge in [0.05, 0.1) is 5.56 Å². The minimum absolute atomic E-state index is 0.0975. The molecular weight excluding hydrogens is 159 g/mol. The average molecular weight is 168 g/mol. The number of phenols is 1. The molecule has 0 spiro atoms. The van der Waals surface area contributed by atoms with E-state index < -0.39 is 6.67 Å². The Morgan fingerprint density at radius 3 is 2.75 bits per heavy atom. The van der Waals surface area contributed by atoms with Crippen molar-refractivity contribution in [1.82, 2.24) is 0 Å².